The molecule has 22 heavy (non-hydrogen) atoms. The number of rotatable bonds is 8. The Kier molecular flexibility index (Phi) is 6.13. The number of carbonyl (C=O) groups excluding carboxylic acids is 1. The number of nitrogens with zero attached hydrogens (tertiary/aromatic N) is 1. The van der Waals surface area contributed by atoms with Gasteiger partial charge in [-0.1, -0.05) is 38.3 Å². The van der Waals surface area contributed by atoms with E-state index in [1.54, 1.807) is 6.07 Å². The van der Waals surface area contributed by atoms with E-state index >= 15 is 0 Å². The molecule has 5 heteroatoms. The molecule has 0 radical (unpaired) electrons. The fourth-order valence-corrected chi connectivity index (χ4v) is 2.35. The molecule has 0 atom stereocenters. The summed E-state index contributed by atoms with van der Waals surface area (Å²) in [5.74, 6) is 0.567. The molecule has 1 aromatic carbocycles. The Labute approximate surface area is 130 Å². The van der Waals surface area contributed by atoms with Gasteiger partial charge in [0.05, 0.1) is 10.9 Å². The van der Waals surface area contributed by atoms with E-state index in [0.717, 1.165) is 19.4 Å². The van der Waals surface area contributed by atoms with Crippen LogP contribution in [0.4, 0.5) is 0 Å². The molecule has 1 aromatic heterocycles. The van der Waals surface area contributed by atoms with Crippen molar-refractivity contribution in [3.05, 3.63) is 40.4 Å². The van der Waals surface area contributed by atoms with Crippen molar-refractivity contribution in [3.8, 4) is 0 Å². The smallest absolute Gasteiger partial charge is 0.258 e. The Balaban J connectivity index is 1.84. The van der Waals surface area contributed by atoms with E-state index in [2.05, 4.69) is 22.2 Å². The molecule has 1 heterocycles. The minimum Gasteiger partial charge on any atom is -0.356 e. The van der Waals surface area contributed by atoms with Crippen LogP contribution in [0.15, 0.2) is 29.1 Å². The van der Waals surface area contributed by atoms with Crippen LogP contribution in [0.3, 0.4) is 0 Å². The van der Waals surface area contributed by atoms with Crippen molar-refractivity contribution in [2.45, 2.75) is 45.4 Å². The number of aromatic amines is 1. The van der Waals surface area contributed by atoms with Gasteiger partial charge in [-0.15, -0.1) is 0 Å². The fourth-order valence-electron chi connectivity index (χ4n) is 2.35. The number of carbonyl (C=O) groups is 1. The molecule has 2 N–H and O–H groups in total. The maximum Gasteiger partial charge on any atom is 0.258 e. The molecule has 0 fully saturated rings. The molecule has 0 saturated heterocycles. The van der Waals surface area contributed by atoms with Gasteiger partial charge >= 0.3 is 0 Å². The first-order valence-corrected chi connectivity index (χ1v) is 7.95. The molecule has 0 aliphatic carbocycles. The molecule has 0 aliphatic rings. The molecule has 0 spiro atoms. The lowest BCUT2D eigenvalue weighted by Crippen LogP contribution is -2.25. The fraction of sp³-hybridized carbons (Fsp3) is 0.471. The summed E-state index contributed by atoms with van der Waals surface area (Å²) in [6.45, 7) is 2.89. The van der Waals surface area contributed by atoms with Crippen molar-refractivity contribution in [1.82, 2.24) is 15.3 Å². The summed E-state index contributed by atoms with van der Waals surface area (Å²) in [6, 6.07) is 7.21. The van der Waals surface area contributed by atoms with Gasteiger partial charge in [0.15, 0.2) is 0 Å². The monoisotopic (exact) mass is 301 g/mol. The highest BCUT2D eigenvalue weighted by atomic mass is 16.1. The Hall–Kier alpha value is -2.17. The largest absolute Gasteiger partial charge is 0.356 e. The van der Waals surface area contributed by atoms with E-state index in [1.165, 1.54) is 12.8 Å². The van der Waals surface area contributed by atoms with Crippen molar-refractivity contribution < 1.29 is 4.79 Å². The molecular formula is C17H23N3O2. The average molecular weight is 301 g/mol. The first-order chi connectivity index (χ1) is 10.7. The zero-order valence-corrected chi connectivity index (χ0v) is 13.0. The van der Waals surface area contributed by atoms with Crippen LogP contribution in [-0.2, 0) is 11.2 Å². The molecule has 2 rings (SSSR count). The molecule has 0 unspecified atom stereocenters. The van der Waals surface area contributed by atoms with Crippen LogP contribution in [0.25, 0.3) is 10.9 Å². The maximum absolute atomic E-state index is 11.9. The van der Waals surface area contributed by atoms with E-state index in [1.807, 2.05) is 18.2 Å². The van der Waals surface area contributed by atoms with Crippen molar-refractivity contribution in [2.24, 2.45) is 0 Å². The number of nitrogens with one attached hydrogen (secondary N) is 2. The predicted octanol–water partition coefficient (Wildman–Crippen LogP) is 2.55. The number of benzene rings is 1. The number of unbranched alkanes of at least 4 members (excludes halogenated alkanes) is 3. The highest BCUT2D eigenvalue weighted by Gasteiger charge is 2.06. The maximum atomic E-state index is 11.9. The number of amides is 1. The molecule has 2 aromatic rings. The minimum absolute atomic E-state index is 0.00676. The van der Waals surface area contributed by atoms with Gasteiger partial charge in [-0.05, 0) is 18.6 Å². The topological polar surface area (TPSA) is 74.8 Å². The Morgan fingerprint density at radius 3 is 2.86 bits per heavy atom. The summed E-state index contributed by atoms with van der Waals surface area (Å²) >= 11 is 0. The van der Waals surface area contributed by atoms with Crippen LogP contribution in [0.1, 0.15) is 44.9 Å². The quantitative estimate of drug-likeness (QED) is 0.736. The van der Waals surface area contributed by atoms with Crippen LogP contribution in [0, 0.1) is 0 Å². The highest BCUT2D eigenvalue weighted by Crippen LogP contribution is 2.06. The van der Waals surface area contributed by atoms with Gasteiger partial charge in [-0.25, -0.2) is 4.98 Å². The highest BCUT2D eigenvalue weighted by molar-refractivity contribution is 5.77. The Morgan fingerprint density at radius 2 is 2.05 bits per heavy atom. The van der Waals surface area contributed by atoms with Crippen molar-refractivity contribution in [3.63, 3.8) is 0 Å². The summed E-state index contributed by atoms with van der Waals surface area (Å²) in [5.41, 5.74) is 0.516. The molecule has 0 bridgehead atoms. The SMILES string of the molecule is CCCCCCNC(=O)CCc1nc2ccccc2c(=O)[nH]1. The molecule has 1 amide bonds. The number of aromatic nitrogens is 2. The predicted molar refractivity (Wildman–Crippen MR) is 87.8 cm³/mol. The molecule has 5 nitrogen and oxygen atoms in total. The van der Waals surface area contributed by atoms with Crippen LogP contribution in [-0.4, -0.2) is 22.4 Å². The summed E-state index contributed by atoms with van der Waals surface area (Å²) in [5, 5.41) is 3.48. The second kappa shape index (κ2) is 8.32. The number of H-pyrrole nitrogens is 1. The molecule has 118 valence electrons. The zero-order valence-electron chi connectivity index (χ0n) is 13.0. The van der Waals surface area contributed by atoms with Gasteiger partial charge in [-0.2, -0.15) is 0 Å². The summed E-state index contributed by atoms with van der Waals surface area (Å²) < 4.78 is 0. The van der Waals surface area contributed by atoms with Gasteiger partial charge in [0.25, 0.3) is 5.56 Å². The normalized spacial score (nSPS) is 10.8. The summed E-state index contributed by atoms with van der Waals surface area (Å²) in [4.78, 5) is 30.8. The van der Waals surface area contributed by atoms with Crippen LogP contribution < -0.4 is 10.9 Å². The first kappa shape index (κ1) is 16.2. The van der Waals surface area contributed by atoms with Gasteiger partial charge < -0.3 is 10.3 Å². The molecule has 0 saturated carbocycles. The number of aryl methyl sites for hydroxylation is 1. The Bertz CT molecular complexity index is 679. The van der Waals surface area contributed by atoms with Crippen molar-refractivity contribution in [2.75, 3.05) is 6.54 Å². The lowest BCUT2D eigenvalue weighted by atomic mass is 10.2. The lowest BCUT2D eigenvalue weighted by molar-refractivity contribution is -0.121. The number of para-hydroxylation sites is 1. The second-order valence-corrected chi connectivity index (χ2v) is 5.44. The third-order valence-electron chi connectivity index (χ3n) is 3.60. The standard InChI is InChI=1S/C17H23N3O2/c1-2-3-4-7-12-18-16(21)11-10-15-19-14-9-6-5-8-13(14)17(22)20-15/h5-6,8-9H,2-4,7,10-12H2,1H3,(H,18,21)(H,19,20,22). The van der Waals surface area contributed by atoms with Gasteiger partial charge in [-0.3, -0.25) is 9.59 Å². The van der Waals surface area contributed by atoms with Crippen molar-refractivity contribution >= 4 is 16.8 Å². The van der Waals surface area contributed by atoms with E-state index in [9.17, 15) is 9.59 Å². The molecular weight excluding hydrogens is 278 g/mol. The summed E-state index contributed by atoms with van der Waals surface area (Å²) in [6.07, 6.45) is 5.35. The van der Waals surface area contributed by atoms with E-state index < -0.39 is 0 Å². The number of hydrogen-bond acceptors (Lipinski definition) is 3. The molecule has 0 aliphatic heterocycles. The van der Waals surface area contributed by atoms with Crippen LogP contribution >= 0.6 is 0 Å². The Morgan fingerprint density at radius 1 is 1.23 bits per heavy atom. The van der Waals surface area contributed by atoms with Gasteiger partial charge in [0.1, 0.15) is 5.82 Å². The number of fused-ring (bicyclic) bond motifs is 1. The van der Waals surface area contributed by atoms with Crippen molar-refractivity contribution in [1.29, 1.82) is 0 Å². The lowest BCUT2D eigenvalue weighted by Gasteiger charge is -2.05. The van der Waals surface area contributed by atoms with E-state index in [0.29, 0.717) is 29.6 Å². The average Bonchev–Trinajstić information content (AvgIpc) is 2.53. The van der Waals surface area contributed by atoms with Gasteiger partial charge in [0, 0.05) is 19.4 Å². The first-order valence-electron chi connectivity index (χ1n) is 7.95. The zero-order chi connectivity index (χ0) is 15.8. The number of hydrogen-bond donors (Lipinski definition) is 2. The third kappa shape index (κ3) is 4.69. The van der Waals surface area contributed by atoms with Gasteiger partial charge in [0.2, 0.25) is 5.91 Å². The van der Waals surface area contributed by atoms with Crippen LogP contribution in [0.2, 0.25) is 0 Å². The summed E-state index contributed by atoms with van der Waals surface area (Å²) in [7, 11) is 0. The minimum atomic E-state index is -0.152. The van der Waals surface area contributed by atoms with Crippen LogP contribution in [0.5, 0.6) is 0 Å². The second-order valence-electron chi connectivity index (χ2n) is 5.44. The van der Waals surface area contributed by atoms with E-state index in [-0.39, 0.29) is 11.5 Å². The third-order valence-corrected chi connectivity index (χ3v) is 3.60. The van der Waals surface area contributed by atoms with E-state index in [4.69, 9.17) is 0 Å².